The Hall–Kier alpha value is -0.890. The van der Waals surface area contributed by atoms with Gasteiger partial charge in [-0.15, -0.1) is 0 Å². The third kappa shape index (κ3) is 2.55. The summed E-state index contributed by atoms with van der Waals surface area (Å²) in [6.07, 6.45) is 0.610. The number of ether oxygens (including phenoxy) is 1. The molecule has 0 saturated carbocycles. The average molecular weight is 288 g/mol. The Kier molecular flexibility index (Phi) is 4.00. The van der Waals surface area contributed by atoms with Crippen molar-refractivity contribution in [3.8, 4) is 0 Å². The molecule has 19 heavy (non-hydrogen) atoms. The van der Waals surface area contributed by atoms with Crippen LogP contribution in [0, 0.1) is 6.92 Å². The van der Waals surface area contributed by atoms with Gasteiger partial charge in [-0.25, -0.2) is 8.42 Å². The number of likely N-dealkylation sites (N-methyl/N-ethyl adjacent to an activating group) is 1. The fourth-order valence-electron chi connectivity index (χ4n) is 2.41. The molecule has 0 bridgehead atoms. The van der Waals surface area contributed by atoms with E-state index < -0.39 is 10.0 Å². The topological polar surface area (TPSA) is 85.8 Å². The molecule has 108 valence electrons. The minimum absolute atomic E-state index is 0.0963. The van der Waals surface area contributed by atoms with Gasteiger partial charge in [0.2, 0.25) is 10.0 Å². The number of nitrogens with two attached hydrogens (primary N) is 1. The van der Waals surface area contributed by atoms with Crippen molar-refractivity contribution in [1.82, 2.24) is 4.31 Å². The normalized spacial score (nSPS) is 24.3. The van der Waals surface area contributed by atoms with Crippen LogP contribution in [0.25, 0.3) is 0 Å². The maximum absolute atomic E-state index is 12.6. The summed E-state index contributed by atoms with van der Waals surface area (Å²) in [6.45, 7) is 4.29. The first-order chi connectivity index (χ1) is 8.87. The highest BCUT2D eigenvalue weighted by molar-refractivity contribution is 7.89. The van der Waals surface area contributed by atoms with Crippen LogP contribution in [0.5, 0.6) is 0 Å². The zero-order valence-electron chi connectivity index (χ0n) is 11.4. The fraction of sp³-hybridized carbons (Fsp3) is 0.667. The van der Waals surface area contributed by atoms with E-state index in [-0.39, 0.29) is 23.6 Å². The molecule has 0 amide bonds. The van der Waals surface area contributed by atoms with Gasteiger partial charge in [-0.2, -0.15) is 4.31 Å². The maximum atomic E-state index is 12.6. The van der Waals surface area contributed by atoms with Crippen LogP contribution in [0.15, 0.2) is 15.4 Å². The summed E-state index contributed by atoms with van der Waals surface area (Å²) in [5.41, 5.74) is 5.47. The highest BCUT2D eigenvalue weighted by Gasteiger charge is 2.36. The van der Waals surface area contributed by atoms with Crippen molar-refractivity contribution in [3.05, 3.63) is 17.6 Å². The summed E-state index contributed by atoms with van der Waals surface area (Å²) in [5.74, 6) is 0.846. The van der Waals surface area contributed by atoms with Crippen molar-refractivity contribution >= 4 is 10.0 Å². The molecule has 0 aromatic carbocycles. The largest absolute Gasteiger partial charge is 0.464 e. The summed E-state index contributed by atoms with van der Waals surface area (Å²) in [5, 5.41) is 0. The van der Waals surface area contributed by atoms with Crippen molar-refractivity contribution in [2.24, 2.45) is 5.73 Å². The Bertz CT molecular complexity index is 552. The Labute approximate surface area is 113 Å². The van der Waals surface area contributed by atoms with Crippen molar-refractivity contribution < 1.29 is 17.6 Å². The highest BCUT2D eigenvalue weighted by atomic mass is 32.2. The number of furan rings is 1. The number of hydrogen-bond acceptors (Lipinski definition) is 5. The molecule has 1 fully saturated rings. The third-order valence-corrected chi connectivity index (χ3v) is 5.57. The molecule has 2 N–H and O–H groups in total. The number of nitrogens with zero attached hydrogens (tertiary/aromatic N) is 1. The Morgan fingerprint density at radius 1 is 1.53 bits per heavy atom. The standard InChI is InChI=1S/C12H20N2O4S/c1-8-11(4-5-17-8)14(3)19(15,16)12-6-10(7-13)18-9(12)2/h6,8,11H,4-5,7,13H2,1-3H3. The van der Waals surface area contributed by atoms with E-state index >= 15 is 0 Å². The van der Waals surface area contributed by atoms with E-state index in [1.54, 1.807) is 14.0 Å². The fourth-order valence-corrected chi connectivity index (χ4v) is 4.04. The van der Waals surface area contributed by atoms with Gasteiger partial charge in [0, 0.05) is 19.7 Å². The predicted octanol–water partition coefficient (Wildman–Crippen LogP) is 0.845. The van der Waals surface area contributed by atoms with Gasteiger partial charge in [-0.1, -0.05) is 0 Å². The zero-order chi connectivity index (χ0) is 14.2. The molecule has 2 heterocycles. The molecule has 1 saturated heterocycles. The molecule has 1 aromatic rings. The van der Waals surface area contributed by atoms with Crippen LogP contribution in [0.4, 0.5) is 0 Å². The summed E-state index contributed by atoms with van der Waals surface area (Å²) in [4.78, 5) is 0.189. The van der Waals surface area contributed by atoms with Gasteiger partial charge in [-0.05, 0) is 20.3 Å². The summed E-state index contributed by atoms with van der Waals surface area (Å²) in [7, 11) is -1.99. The molecule has 2 rings (SSSR count). The minimum Gasteiger partial charge on any atom is -0.464 e. The molecule has 7 heteroatoms. The lowest BCUT2D eigenvalue weighted by Crippen LogP contribution is -2.41. The van der Waals surface area contributed by atoms with Crippen LogP contribution >= 0.6 is 0 Å². The number of hydrogen-bond donors (Lipinski definition) is 1. The minimum atomic E-state index is -3.57. The lowest BCUT2D eigenvalue weighted by molar-refractivity contribution is 0.102. The summed E-state index contributed by atoms with van der Waals surface area (Å²) in [6, 6.07) is 1.36. The summed E-state index contributed by atoms with van der Waals surface area (Å²) >= 11 is 0. The maximum Gasteiger partial charge on any atom is 0.246 e. The lowest BCUT2D eigenvalue weighted by Gasteiger charge is -2.25. The van der Waals surface area contributed by atoms with Crippen LogP contribution in [0.3, 0.4) is 0 Å². The van der Waals surface area contributed by atoms with E-state index in [4.69, 9.17) is 14.9 Å². The Morgan fingerprint density at radius 3 is 2.68 bits per heavy atom. The molecular formula is C12H20N2O4S. The highest BCUT2D eigenvalue weighted by Crippen LogP contribution is 2.28. The molecule has 1 aliphatic heterocycles. The van der Waals surface area contributed by atoms with E-state index in [1.165, 1.54) is 10.4 Å². The first-order valence-corrected chi connectivity index (χ1v) is 7.71. The first kappa shape index (κ1) is 14.5. The molecule has 2 unspecified atom stereocenters. The molecular weight excluding hydrogens is 268 g/mol. The van der Waals surface area contributed by atoms with Gasteiger partial charge in [0.15, 0.2) is 0 Å². The first-order valence-electron chi connectivity index (χ1n) is 6.27. The van der Waals surface area contributed by atoms with E-state index in [9.17, 15) is 8.42 Å². The van der Waals surface area contributed by atoms with Crippen LogP contribution in [0.2, 0.25) is 0 Å². The van der Waals surface area contributed by atoms with Gasteiger partial charge in [0.25, 0.3) is 0 Å². The molecule has 1 aromatic heterocycles. The smallest absolute Gasteiger partial charge is 0.246 e. The number of aryl methyl sites for hydroxylation is 1. The van der Waals surface area contributed by atoms with Crippen molar-refractivity contribution in [2.45, 2.75) is 43.9 Å². The average Bonchev–Trinajstić information content (AvgIpc) is 2.94. The van der Waals surface area contributed by atoms with Crippen LogP contribution in [-0.2, 0) is 21.3 Å². The summed E-state index contributed by atoms with van der Waals surface area (Å²) < 4.78 is 37.3. The predicted molar refractivity (Wildman–Crippen MR) is 70.1 cm³/mol. The molecule has 1 aliphatic rings. The zero-order valence-corrected chi connectivity index (χ0v) is 12.2. The SMILES string of the molecule is Cc1oc(CN)cc1S(=O)(=O)N(C)C1CCOC1C. The molecule has 0 spiro atoms. The van der Waals surface area contributed by atoms with Gasteiger partial charge < -0.3 is 14.9 Å². The van der Waals surface area contributed by atoms with E-state index in [1.807, 2.05) is 6.92 Å². The van der Waals surface area contributed by atoms with Crippen molar-refractivity contribution in [1.29, 1.82) is 0 Å². The monoisotopic (exact) mass is 288 g/mol. The van der Waals surface area contributed by atoms with Crippen LogP contribution in [0.1, 0.15) is 24.9 Å². The molecule has 0 radical (unpaired) electrons. The lowest BCUT2D eigenvalue weighted by atomic mass is 10.2. The van der Waals surface area contributed by atoms with Crippen molar-refractivity contribution in [3.63, 3.8) is 0 Å². The van der Waals surface area contributed by atoms with Crippen LogP contribution in [-0.4, -0.2) is 38.5 Å². The van der Waals surface area contributed by atoms with E-state index in [2.05, 4.69) is 0 Å². The Morgan fingerprint density at radius 2 is 2.21 bits per heavy atom. The third-order valence-electron chi connectivity index (χ3n) is 3.58. The second-order valence-electron chi connectivity index (χ2n) is 4.79. The van der Waals surface area contributed by atoms with Crippen molar-refractivity contribution in [2.75, 3.05) is 13.7 Å². The number of sulfonamides is 1. The number of rotatable bonds is 4. The van der Waals surface area contributed by atoms with Crippen LogP contribution < -0.4 is 5.73 Å². The molecule has 6 nitrogen and oxygen atoms in total. The van der Waals surface area contributed by atoms with Gasteiger partial charge in [0.1, 0.15) is 16.4 Å². The molecule has 0 aliphatic carbocycles. The quantitative estimate of drug-likeness (QED) is 0.887. The molecule has 2 atom stereocenters. The second kappa shape index (κ2) is 5.24. The van der Waals surface area contributed by atoms with Gasteiger partial charge in [0.05, 0.1) is 18.7 Å². The second-order valence-corrected chi connectivity index (χ2v) is 6.76. The Balaban J connectivity index is 2.33. The van der Waals surface area contributed by atoms with Gasteiger partial charge >= 0.3 is 0 Å². The van der Waals surface area contributed by atoms with Gasteiger partial charge in [-0.3, -0.25) is 0 Å². The van der Waals surface area contributed by atoms with E-state index in [0.717, 1.165) is 0 Å². The van der Waals surface area contributed by atoms with E-state index in [0.29, 0.717) is 24.5 Å².